The van der Waals surface area contributed by atoms with Gasteiger partial charge in [-0.05, 0) is 37.6 Å². The molecule has 0 spiro atoms. The lowest BCUT2D eigenvalue weighted by Gasteiger charge is -2.35. The average Bonchev–Trinajstić information content (AvgIpc) is 2.48. The van der Waals surface area contributed by atoms with Crippen LogP contribution >= 0.6 is 0 Å². The van der Waals surface area contributed by atoms with Crippen LogP contribution < -0.4 is 10.5 Å². The van der Waals surface area contributed by atoms with E-state index >= 15 is 0 Å². The van der Waals surface area contributed by atoms with Gasteiger partial charge in [-0.2, -0.15) is 0 Å². The van der Waals surface area contributed by atoms with Crippen LogP contribution in [0.2, 0.25) is 0 Å². The zero-order chi connectivity index (χ0) is 14.4. The maximum Gasteiger partial charge on any atom is 0.119 e. The van der Waals surface area contributed by atoms with Crippen LogP contribution in [0.3, 0.4) is 0 Å². The van der Waals surface area contributed by atoms with Gasteiger partial charge >= 0.3 is 0 Å². The highest BCUT2D eigenvalue weighted by atomic mass is 16.5. The predicted molar refractivity (Wildman–Crippen MR) is 81.0 cm³/mol. The summed E-state index contributed by atoms with van der Waals surface area (Å²) in [7, 11) is 0. The van der Waals surface area contributed by atoms with Gasteiger partial charge in [0.05, 0.1) is 25.4 Å². The van der Waals surface area contributed by atoms with Crippen molar-refractivity contribution in [2.45, 2.75) is 32.4 Å². The SMILES string of the molecule is CCCN1CCOC(C(N)c2ccc(OCC)cc2)C1. The molecule has 2 N–H and O–H groups in total. The molecule has 1 fully saturated rings. The van der Waals surface area contributed by atoms with Gasteiger partial charge < -0.3 is 15.2 Å². The van der Waals surface area contributed by atoms with Crippen molar-refractivity contribution >= 4 is 0 Å². The highest BCUT2D eigenvalue weighted by Gasteiger charge is 2.26. The fraction of sp³-hybridized carbons (Fsp3) is 0.625. The number of rotatable bonds is 6. The Balaban J connectivity index is 1.97. The molecule has 1 aliphatic heterocycles. The zero-order valence-corrected chi connectivity index (χ0v) is 12.5. The predicted octanol–water partition coefficient (Wildman–Crippen LogP) is 2.20. The van der Waals surface area contributed by atoms with Crippen molar-refractivity contribution in [1.29, 1.82) is 0 Å². The highest BCUT2D eigenvalue weighted by Crippen LogP contribution is 2.22. The lowest BCUT2D eigenvalue weighted by atomic mass is 10.0. The molecular formula is C16H26N2O2. The lowest BCUT2D eigenvalue weighted by Crippen LogP contribution is -2.47. The summed E-state index contributed by atoms with van der Waals surface area (Å²) in [5, 5.41) is 0. The Hall–Kier alpha value is -1.10. The molecule has 0 bridgehead atoms. The maximum absolute atomic E-state index is 6.36. The topological polar surface area (TPSA) is 47.7 Å². The third-order valence-electron chi connectivity index (χ3n) is 3.69. The number of nitrogens with two attached hydrogens (primary N) is 1. The van der Waals surface area contributed by atoms with E-state index in [1.165, 1.54) is 6.42 Å². The summed E-state index contributed by atoms with van der Waals surface area (Å²) >= 11 is 0. The summed E-state index contributed by atoms with van der Waals surface area (Å²) in [5.41, 5.74) is 7.47. The molecule has 1 aromatic carbocycles. The van der Waals surface area contributed by atoms with E-state index in [-0.39, 0.29) is 12.1 Å². The molecule has 0 aromatic heterocycles. The Labute approximate surface area is 121 Å². The number of ether oxygens (including phenoxy) is 2. The molecule has 1 aliphatic rings. The molecule has 2 atom stereocenters. The molecule has 0 aliphatic carbocycles. The smallest absolute Gasteiger partial charge is 0.119 e. The minimum atomic E-state index is -0.0784. The molecular weight excluding hydrogens is 252 g/mol. The Kier molecular flexibility index (Phi) is 5.83. The second kappa shape index (κ2) is 7.62. The second-order valence-electron chi connectivity index (χ2n) is 5.24. The van der Waals surface area contributed by atoms with E-state index < -0.39 is 0 Å². The summed E-state index contributed by atoms with van der Waals surface area (Å²) in [6, 6.07) is 7.96. The molecule has 112 valence electrons. The van der Waals surface area contributed by atoms with Crippen LogP contribution in [0, 0.1) is 0 Å². The molecule has 2 unspecified atom stereocenters. The minimum Gasteiger partial charge on any atom is -0.494 e. The monoisotopic (exact) mass is 278 g/mol. The molecule has 0 amide bonds. The summed E-state index contributed by atoms with van der Waals surface area (Å²) in [4.78, 5) is 2.43. The van der Waals surface area contributed by atoms with Crippen LogP contribution in [0.1, 0.15) is 31.9 Å². The van der Waals surface area contributed by atoms with E-state index in [0.29, 0.717) is 6.61 Å². The number of hydrogen-bond donors (Lipinski definition) is 1. The van der Waals surface area contributed by atoms with Gasteiger partial charge in [0.1, 0.15) is 5.75 Å². The molecule has 1 aromatic rings. The molecule has 2 rings (SSSR count). The molecule has 1 heterocycles. The fourth-order valence-electron chi connectivity index (χ4n) is 2.64. The van der Waals surface area contributed by atoms with Gasteiger partial charge in [0.15, 0.2) is 0 Å². The molecule has 0 saturated carbocycles. The van der Waals surface area contributed by atoms with E-state index in [1.54, 1.807) is 0 Å². The standard InChI is InChI=1S/C16H26N2O2/c1-3-9-18-10-11-20-15(12-18)16(17)13-5-7-14(8-6-13)19-4-2/h5-8,15-16H,3-4,9-12,17H2,1-2H3. The van der Waals surface area contributed by atoms with Crippen molar-refractivity contribution in [2.75, 3.05) is 32.8 Å². The van der Waals surface area contributed by atoms with Crippen molar-refractivity contribution in [3.8, 4) is 5.75 Å². The number of benzene rings is 1. The van der Waals surface area contributed by atoms with Crippen molar-refractivity contribution < 1.29 is 9.47 Å². The van der Waals surface area contributed by atoms with Crippen molar-refractivity contribution in [3.05, 3.63) is 29.8 Å². The summed E-state index contributed by atoms with van der Waals surface area (Å²) in [6.07, 6.45) is 1.25. The van der Waals surface area contributed by atoms with E-state index in [9.17, 15) is 0 Å². The van der Waals surface area contributed by atoms with Gasteiger partial charge in [-0.25, -0.2) is 0 Å². The summed E-state index contributed by atoms with van der Waals surface area (Å²) in [6.45, 7) is 8.70. The Morgan fingerprint density at radius 2 is 2.10 bits per heavy atom. The third-order valence-corrected chi connectivity index (χ3v) is 3.69. The van der Waals surface area contributed by atoms with Crippen LogP contribution in [0.5, 0.6) is 5.75 Å². The van der Waals surface area contributed by atoms with E-state index in [4.69, 9.17) is 15.2 Å². The summed E-state index contributed by atoms with van der Waals surface area (Å²) < 4.78 is 11.3. The van der Waals surface area contributed by atoms with Gasteiger partial charge in [-0.15, -0.1) is 0 Å². The Morgan fingerprint density at radius 1 is 1.35 bits per heavy atom. The van der Waals surface area contributed by atoms with Gasteiger partial charge in [-0.3, -0.25) is 4.90 Å². The number of hydrogen-bond acceptors (Lipinski definition) is 4. The second-order valence-corrected chi connectivity index (χ2v) is 5.24. The highest BCUT2D eigenvalue weighted by molar-refractivity contribution is 5.29. The summed E-state index contributed by atoms with van der Waals surface area (Å²) in [5.74, 6) is 0.889. The zero-order valence-electron chi connectivity index (χ0n) is 12.5. The first kappa shape index (κ1) is 15.3. The van der Waals surface area contributed by atoms with Crippen LogP contribution in [0.15, 0.2) is 24.3 Å². The Bertz CT molecular complexity index is 392. The minimum absolute atomic E-state index is 0.0771. The maximum atomic E-state index is 6.36. The molecule has 20 heavy (non-hydrogen) atoms. The van der Waals surface area contributed by atoms with Gasteiger partial charge in [0.25, 0.3) is 0 Å². The van der Waals surface area contributed by atoms with Crippen molar-refractivity contribution in [3.63, 3.8) is 0 Å². The number of nitrogens with zero attached hydrogens (tertiary/aromatic N) is 1. The third kappa shape index (κ3) is 3.95. The van der Waals surface area contributed by atoms with Gasteiger partial charge in [0, 0.05) is 13.1 Å². The quantitative estimate of drug-likeness (QED) is 0.866. The lowest BCUT2D eigenvalue weighted by molar-refractivity contribution is -0.0408. The van der Waals surface area contributed by atoms with Crippen LogP contribution in [-0.2, 0) is 4.74 Å². The van der Waals surface area contributed by atoms with E-state index in [2.05, 4.69) is 11.8 Å². The van der Waals surface area contributed by atoms with Crippen LogP contribution in [0.4, 0.5) is 0 Å². The molecule has 4 heteroatoms. The molecule has 4 nitrogen and oxygen atoms in total. The van der Waals surface area contributed by atoms with Crippen molar-refractivity contribution in [2.24, 2.45) is 5.73 Å². The first-order chi connectivity index (χ1) is 9.74. The first-order valence-corrected chi connectivity index (χ1v) is 7.57. The van der Waals surface area contributed by atoms with E-state index in [1.807, 2.05) is 31.2 Å². The van der Waals surface area contributed by atoms with E-state index in [0.717, 1.165) is 37.6 Å². The largest absolute Gasteiger partial charge is 0.494 e. The average molecular weight is 278 g/mol. The van der Waals surface area contributed by atoms with Gasteiger partial charge in [-0.1, -0.05) is 19.1 Å². The van der Waals surface area contributed by atoms with Crippen LogP contribution in [0.25, 0.3) is 0 Å². The number of morpholine rings is 1. The Morgan fingerprint density at radius 3 is 2.75 bits per heavy atom. The van der Waals surface area contributed by atoms with Crippen LogP contribution in [-0.4, -0.2) is 43.9 Å². The van der Waals surface area contributed by atoms with Crippen molar-refractivity contribution in [1.82, 2.24) is 4.90 Å². The molecule has 0 radical (unpaired) electrons. The van der Waals surface area contributed by atoms with Gasteiger partial charge in [0.2, 0.25) is 0 Å². The first-order valence-electron chi connectivity index (χ1n) is 7.57. The fourth-order valence-corrected chi connectivity index (χ4v) is 2.64. The normalized spacial score (nSPS) is 21.6. The molecule has 1 saturated heterocycles.